The van der Waals surface area contributed by atoms with Crippen LogP contribution in [0, 0.1) is 5.41 Å². The number of hydrogen-bond donors (Lipinski definition) is 0. The Morgan fingerprint density at radius 1 is 1.15 bits per heavy atom. The van der Waals surface area contributed by atoms with E-state index in [1.165, 1.54) is 25.7 Å². The molecule has 0 atom stereocenters. The van der Waals surface area contributed by atoms with Gasteiger partial charge < -0.3 is 0 Å². The molecule has 0 saturated heterocycles. The molecule has 0 nitrogen and oxygen atoms in total. The van der Waals surface area contributed by atoms with E-state index < -0.39 is 5.67 Å². The van der Waals surface area contributed by atoms with Crippen LogP contribution in [0.1, 0.15) is 65.7 Å². The first-order valence-electron chi connectivity index (χ1n) is 5.71. The van der Waals surface area contributed by atoms with Crippen molar-refractivity contribution in [1.82, 2.24) is 0 Å². The summed E-state index contributed by atoms with van der Waals surface area (Å²) in [6, 6.07) is 0. The van der Waals surface area contributed by atoms with E-state index >= 15 is 0 Å². The third-order valence-electron chi connectivity index (χ3n) is 3.56. The van der Waals surface area contributed by atoms with Crippen LogP contribution in [-0.4, -0.2) is 5.67 Å². The predicted molar refractivity (Wildman–Crippen MR) is 55.6 cm³/mol. The summed E-state index contributed by atoms with van der Waals surface area (Å²) in [4.78, 5) is 0. The molecule has 0 spiro atoms. The Balaban J connectivity index is 2.19. The molecule has 0 unspecified atom stereocenters. The third kappa shape index (κ3) is 2.69. The van der Waals surface area contributed by atoms with Crippen LogP contribution < -0.4 is 0 Å². The summed E-state index contributed by atoms with van der Waals surface area (Å²) in [6.07, 6.45) is 7.70. The van der Waals surface area contributed by atoms with Gasteiger partial charge in [0, 0.05) is 0 Å². The SMILES string of the molecule is CCCCCCC(C)(C)C1(F)CC1. The van der Waals surface area contributed by atoms with E-state index in [-0.39, 0.29) is 5.41 Å². The van der Waals surface area contributed by atoms with Gasteiger partial charge in [0.15, 0.2) is 0 Å². The summed E-state index contributed by atoms with van der Waals surface area (Å²) < 4.78 is 13.8. The highest BCUT2D eigenvalue weighted by Gasteiger charge is 2.54. The van der Waals surface area contributed by atoms with Crippen molar-refractivity contribution in [1.29, 1.82) is 0 Å². The van der Waals surface area contributed by atoms with Gasteiger partial charge in [0.05, 0.1) is 0 Å². The Morgan fingerprint density at radius 2 is 1.77 bits per heavy atom. The Labute approximate surface area is 81.9 Å². The second-order valence-electron chi connectivity index (χ2n) is 5.16. The molecule has 0 aromatic carbocycles. The summed E-state index contributed by atoms with van der Waals surface area (Å²) in [7, 11) is 0. The van der Waals surface area contributed by atoms with Crippen molar-refractivity contribution in [3.63, 3.8) is 0 Å². The van der Waals surface area contributed by atoms with Crippen molar-refractivity contribution in [3.05, 3.63) is 0 Å². The average Bonchev–Trinajstić information content (AvgIpc) is 2.79. The fourth-order valence-electron chi connectivity index (χ4n) is 2.00. The quantitative estimate of drug-likeness (QED) is 0.536. The fourth-order valence-corrected chi connectivity index (χ4v) is 2.00. The van der Waals surface area contributed by atoms with Gasteiger partial charge in [0.2, 0.25) is 0 Å². The van der Waals surface area contributed by atoms with Crippen LogP contribution in [0.3, 0.4) is 0 Å². The molecule has 1 aliphatic carbocycles. The summed E-state index contributed by atoms with van der Waals surface area (Å²) in [5, 5.41) is 0. The van der Waals surface area contributed by atoms with Crippen LogP contribution >= 0.6 is 0 Å². The lowest BCUT2D eigenvalue weighted by atomic mass is 9.80. The molecule has 0 N–H and O–H groups in total. The highest BCUT2D eigenvalue weighted by Crippen LogP contribution is 2.55. The van der Waals surface area contributed by atoms with Crippen LogP contribution in [0.4, 0.5) is 4.39 Å². The predicted octanol–water partition coefficient (Wildman–Crippen LogP) is 4.49. The van der Waals surface area contributed by atoms with Gasteiger partial charge in [-0.05, 0) is 24.7 Å². The fraction of sp³-hybridized carbons (Fsp3) is 1.00. The highest BCUT2D eigenvalue weighted by molar-refractivity contribution is 5.04. The normalized spacial score (nSPS) is 20.3. The number of halogens is 1. The molecule has 0 aliphatic heterocycles. The number of rotatable bonds is 6. The smallest absolute Gasteiger partial charge is 0.116 e. The molecule has 13 heavy (non-hydrogen) atoms. The maximum absolute atomic E-state index is 13.8. The molecule has 0 amide bonds. The lowest BCUT2D eigenvalue weighted by Gasteiger charge is -2.28. The van der Waals surface area contributed by atoms with Gasteiger partial charge in [0.25, 0.3) is 0 Å². The van der Waals surface area contributed by atoms with Crippen LogP contribution in [0.5, 0.6) is 0 Å². The van der Waals surface area contributed by atoms with E-state index in [0.29, 0.717) is 0 Å². The number of alkyl halides is 1. The van der Waals surface area contributed by atoms with Gasteiger partial charge in [-0.3, -0.25) is 0 Å². The van der Waals surface area contributed by atoms with Crippen LogP contribution in [0.2, 0.25) is 0 Å². The van der Waals surface area contributed by atoms with E-state index in [4.69, 9.17) is 0 Å². The van der Waals surface area contributed by atoms with Gasteiger partial charge in [-0.25, -0.2) is 4.39 Å². The third-order valence-corrected chi connectivity index (χ3v) is 3.56. The average molecular weight is 186 g/mol. The van der Waals surface area contributed by atoms with Crippen molar-refractivity contribution in [2.45, 2.75) is 71.4 Å². The molecule has 0 heterocycles. The Bertz CT molecular complexity index is 157. The molecule has 1 saturated carbocycles. The number of hydrogen-bond acceptors (Lipinski definition) is 0. The summed E-state index contributed by atoms with van der Waals surface area (Å²) in [5.74, 6) is 0. The molecular weight excluding hydrogens is 163 g/mol. The zero-order valence-corrected chi connectivity index (χ0v) is 9.33. The summed E-state index contributed by atoms with van der Waals surface area (Å²) >= 11 is 0. The zero-order chi connectivity index (χ0) is 9.95. The van der Waals surface area contributed by atoms with Crippen LogP contribution in [0.15, 0.2) is 0 Å². The molecule has 1 aliphatic rings. The molecule has 1 rings (SSSR count). The van der Waals surface area contributed by atoms with E-state index in [9.17, 15) is 4.39 Å². The minimum absolute atomic E-state index is 0.0687. The Morgan fingerprint density at radius 3 is 2.23 bits per heavy atom. The van der Waals surface area contributed by atoms with Crippen molar-refractivity contribution < 1.29 is 4.39 Å². The standard InChI is InChI=1S/C12H23F/c1-4-5-6-7-8-11(2,3)12(13)9-10-12/h4-10H2,1-3H3. The molecule has 0 radical (unpaired) electrons. The largest absolute Gasteiger partial charge is 0.243 e. The molecule has 78 valence electrons. The topological polar surface area (TPSA) is 0 Å². The second kappa shape index (κ2) is 3.98. The summed E-state index contributed by atoms with van der Waals surface area (Å²) in [6.45, 7) is 6.39. The molecule has 1 heteroatoms. The Kier molecular flexibility index (Phi) is 3.37. The highest BCUT2D eigenvalue weighted by atomic mass is 19.1. The first kappa shape index (κ1) is 11.0. The maximum atomic E-state index is 13.8. The lowest BCUT2D eigenvalue weighted by molar-refractivity contribution is 0.105. The van der Waals surface area contributed by atoms with E-state index in [0.717, 1.165) is 19.3 Å². The van der Waals surface area contributed by atoms with Gasteiger partial charge >= 0.3 is 0 Å². The zero-order valence-electron chi connectivity index (χ0n) is 9.33. The lowest BCUT2D eigenvalue weighted by Crippen LogP contribution is -2.27. The van der Waals surface area contributed by atoms with Crippen LogP contribution in [0.25, 0.3) is 0 Å². The van der Waals surface area contributed by atoms with Gasteiger partial charge in [0.1, 0.15) is 5.67 Å². The molecule has 0 aromatic heterocycles. The minimum Gasteiger partial charge on any atom is -0.243 e. The van der Waals surface area contributed by atoms with E-state index in [1.54, 1.807) is 0 Å². The molecular formula is C12H23F. The Hall–Kier alpha value is -0.0700. The van der Waals surface area contributed by atoms with Crippen molar-refractivity contribution in [2.75, 3.05) is 0 Å². The molecule has 0 aromatic rings. The second-order valence-corrected chi connectivity index (χ2v) is 5.16. The van der Waals surface area contributed by atoms with Crippen molar-refractivity contribution in [2.24, 2.45) is 5.41 Å². The van der Waals surface area contributed by atoms with Gasteiger partial charge in [-0.1, -0.05) is 46.5 Å². The maximum Gasteiger partial charge on any atom is 0.116 e. The monoisotopic (exact) mass is 186 g/mol. The minimum atomic E-state index is -0.806. The molecule has 1 fully saturated rings. The van der Waals surface area contributed by atoms with Crippen LogP contribution in [-0.2, 0) is 0 Å². The first-order valence-corrected chi connectivity index (χ1v) is 5.71. The van der Waals surface area contributed by atoms with E-state index in [1.807, 2.05) is 0 Å². The first-order chi connectivity index (χ1) is 6.02. The van der Waals surface area contributed by atoms with Crippen molar-refractivity contribution >= 4 is 0 Å². The van der Waals surface area contributed by atoms with Gasteiger partial charge in [-0.2, -0.15) is 0 Å². The number of unbranched alkanes of at least 4 members (excludes halogenated alkanes) is 3. The van der Waals surface area contributed by atoms with E-state index in [2.05, 4.69) is 20.8 Å². The molecule has 0 bridgehead atoms. The van der Waals surface area contributed by atoms with Gasteiger partial charge in [-0.15, -0.1) is 0 Å². The summed E-state index contributed by atoms with van der Waals surface area (Å²) in [5.41, 5.74) is -0.875. The van der Waals surface area contributed by atoms with Crippen molar-refractivity contribution in [3.8, 4) is 0 Å².